The van der Waals surface area contributed by atoms with E-state index >= 15 is 0 Å². The van der Waals surface area contributed by atoms with Gasteiger partial charge in [-0.25, -0.2) is 9.97 Å². The molecule has 2 heterocycles. The zero-order valence-electron chi connectivity index (χ0n) is 14.7. The normalized spacial score (nSPS) is 12.1. The molecule has 25 heavy (non-hydrogen) atoms. The van der Waals surface area contributed by atoms with E-state index in [0.717, 1.165) is 11.1 Å². The van der Waals surface area contributed by atoms with E-state index in [1.807, 2.05) is 0 Å². The number of nitrogens with two attached hydrogens (primary N) is 1. The fourth-order valence-electron chi connectivity index (χ4n) is 3.11. The Morgan fingerprint density at radius 1 is 1.00 bits per heavy atom. The molecule has 126 valence electrons. The Morgan fingerprint density at radius 3 is 2.56 bits per heavy atom. The first-order valence-corrected chi connectivity index (χ1v) is 8.41. The summed E-state index contributed by atoms with van der Waals surface area (Å²) in [4.78, 5) is 9.11. The lowest BCUT2D eigenvalue weighted by molar-refractivity contribution is 0.549. The minimum Gasteiger partial charge on any atom is -0.383 e. The molecule has 0 radical (unpaired) electrons. The molecule has 4 rings (SSSR count). The van der Waals surface area contributed by atoms with E-state index in [4.69, 9.17) is 5.73 Å². The number of hydrogen-bond acceptors (Lipinski definition) is 4. The predicted molar refractivity (Wildman–Crippen MR) is 102 cm³/mol. The Morgan fingerprint density at radius 2 is 1.76 bits per heavy atom. The lowest BCUT2D eigenvalue weighted by atomic mass is 9.95. The van der Waals surface area contributed by atoms with Gasteiger partial charge in [-0.1, -0.05) is 63.2 Å². The topological polar surface area (TPSA) is 80.5 Å². The minimum absolute atomic E-state index is 0.170. The second-order valence-corrected chi connectivity index (χ2v) is 7.40. The highest BCUT2D eigenvalue weighted by Gasteiger charge is 2.21. The highest BCUT2D eigenvalue weighted by molar-refractivity contribution is 5.90. The van der Waals surface area contributed by atoms with Crippen molar-refractivity contribution in [1.29, 1.82) is 0 Å². The largest absolute Gasteiger partial charge is 0.383 e. The van der Waals surface area contributed by atoms with Gasteiger partial charge in [-0.15, -0.1) is 0 Å². The molecule has 2 aromatic carbocycles. The first kappa shape index (κ1) is 15.6. The van der Waals surface area contributed by atoms with Crippen molar-refractivity contribution >= 4 is 27.6 Å². The van der Waals surface area contributed by atoms with Crippen molar-refractivity contribution in [3.63, 3.8) is 0 Å². The molecular weight excluding hydrogens is 310 g/mol. The van der Waals surface area contributed by atoms with Crippen molar-refractivity contribution in [2.75, 3.05) is 5.73 Å². The van der Waals surface area contributed by atoms with Crippen LogP contribution in [0.4, 0.5) is 5.82 Å². The van der Waals surface area contributed by atoms with Crippen molar-refractivity contribution < 1.29 is 0 Å². The number of nitrogens with one attached hydrogen (secondary N) is 1. The summed E-state index contributed by atoms with van der Waals surface area (Å²) in [5, 5.41) is 10.8. The standard InChI is InChI=1S/C20H21N5/c1-20(2,3)19-22-17(21)16-15(24-25-18(16)23-19)11-13-9-6-8-12-7-4-5-10-14(12)13/h4-10H,11H2,1-3H3,(H3,21,22,23,24,25). The van der Waals surface area contributed by atoms with Crippen LogP contribution < -0.4 is 5.73 Å². The van der Waals surface area contributed by atoms with Crippen LogP contribution in [0.1, 0.15) is 37.9 Å². The molecule has 0 aliphatic heterocycles. The van der Waals surface area contributed by atoms with Crippen molar-refractivity contribution in [2.45, 2.75) is 32.6 Å². The van der Waals surface area contributed by atoms with E-state index < -0.39 is 0 Å². The van der Waals surface area contributed by atoms with E-state index in [-0.39, 0.29) is 5.41 Å². The zero-order chi connectivity index (χ0) is 17.6. The van der Waals surface area contributed by atoms with Crippen LogP contribution in [-0.4, -0.2) is 20.2 Å². The summed E-state index contributed by atoms with van der Waals surface area (Å²) in [6.45, 7) is 6.20. The average Bonchev–Trinajstić information content (AvgIpc) is 2.98. The summed E-state index contributed by atoms with van der Waals surface area (Å²) in [5.74, 6) is 1.19. The van der Waals surface area contributed by atoms with Gasteiger partial charge in [0, 0.05) is 11.8 Å². The zero-order valence-corrected chi connectivity index (χ0v) is 14.7. The summed E-state index contributed by atoms with van der Waals surface area (Å²) < 4.78 is 0. The molecule has 5 heteroatoms. The van der Waals surface area contributed by atoms with Crippen molar-refractivity contribution in [3.05, 3.63) is 59.5 Å². The number of nitrogen functional groups attached to an aromatic ring is 1. The quantitative estimate of drug-likeness (QED) is 0.582. The van der Waals surface area contributed by atoms with Gasteiger partial charge in [0.25, 0.3) is 0 Å². The third-order valence-corrected chi connectivity index (χ3v) is 4.43. The van der Waals surface area contributed by atoms with Crippen LogP contribution in [0.15, 0.2) is 42.5 Å². The second-order valence-electron chi connectivity index (χ2n) is 7.40. The number of aromatic nitrogens is 4. The van der Waals surface area contributed by atoms with Crippen LogP contribution in [0, 0.1) is 0 Å². The lowest BCUT2D eigenvalue weighted by Crippen LogP contribution is -2.17. The number of anilines is 1. The van der Waals surface area contributed by atoms with Gasteiger partial charge in [0.05, 0.1) is 11.1 Å². The maximum absolute atomic E-state index is 6.25. The molecule has 0 spiro atoms. The highest BCUT2D eigenvalue weighted by Crippen LogP contribution is 2.28. The maximum Gasteiger partial charge on any atom is 0.186 e. The summed E-state index contributed by atoms with van der Waals surface area (Å²) >= 11 is 0. The van der Waals surface area contributed by atoms with Crippen LogP contribution in [0.2, 0.25) is 0 Å². The van der Waals surface area contributed by atoms with Gasteiger partial charge < -0.3 is 5.73 Å². The number of H-pyrrole nitrogens is 1. The highest BCUT2D eigenvalue weighted by atomic mass is 15.2. The molecule has 0 aliphatic rings. The molecule has 0 unspecified atom stereocenters. The van der Waals surface area contributed by atoms with Gasteiger partial charge in [-0.05, 0) is 16.3 Å². The second kappa shape index (κ2) is 5.55. The molecule has 5 nitrogen and oxygen atoms in total. The Balaban J connectivity index is 1.82. The molecular formula is C20H21N5. The van der Waals surface area contributed by atoms with Crippen LogP contribution >= 0.6 is 0 Å². The van der Waals surface area contributed by atoms with Crippen LogP contribution in [0.25, 0.3) is 21.8 Å². The maximum atomic E-state index is 6.25. The van der Waals surface area contributed by atoms with Crippen LogP contribution in [0.3, 0.4) is 0 Å². The van der Waals surface area contributed by atoms with E-state index in [1.165, 1.54) is 16.3 Å². The Bertz CT molecular complexity index is 1070. The van der Waals surface area contributed by atoms with Gasteiger partial charge in [0.15, 0.2) is 5.65 Å². The molecule has 2 aromatic heterocycles. The van der Waals surface area contributed by atoms with E-state index in [2.05, 4.69) is 83.4 Å². The average molecular weight is 331 g/mol. The Hall–Kier alpha value is -2.95. The molecule has 0 atom stereocenters. The van der Waals surface area contributed by atoms with Gasteiger partial charge in [-0.3, -0.25) is 5.10 Å². The van der Waals surface area contributed by atoms with Crippen molar-refractivity contribution in [3.8, 4) is 0 Å². The SMILES string of the molecule is CC(C)(C)c1nc(N)c2c(Cc3cccc4ccccc34)[nH]nc2n1. The van der Waals surface area contributed by atoms with Gasteiger partial charge in [-0.2, -0.15) is 5.10 Å². The third kappa shape index (κ3) is 2.71. The van der Waals surface area contributed by atoms with Crippen LogP contribution in [-0.2, 0) is 11.8 Å². The monoisotopic (exact) mass is 331 g/mol. The lowest BCUT2D eigenvalue weighted by Gasteiger charge is -2.16. The van der Waals surface area contributed by atoms with Crippen molar-refractivity contribution in [1.82, 2.24) is 20.2 Å². The molecule has 4 aromatic rings. The number of nitrogens with zero attached hydrogens (tertiary/aromatic N) is 3. The number of benzene rings is 2. The number of rotatable bonds is 2. The van der Waals surface area contributed by atoms with Gasteiger partial charge in [0.1, 0.15) is 11.6 Å². The molecule has 3 N–H and O–H groups in total. The molecule has 0 aliphatic carbocycles. The summed E-state index contributed by atoms with van der Waals surface area (Å²) in [6.07, 6.45) is 0.709. The van der Waals surface area contributed by atoms with Gasteiger partial charge in [0.2, 0.25) is 0 Å². The van der Waals surface area contributed by atoms with Crippen molar-refractivity contribution in [2.24, 2.45) is 0 Å². The molecule has 0 saturated heterocycles. The fraction of sp³-hybridized carbons (Fsp3) is 0.250. The first-order chi connectivity index (χ1) is 11.9. The van der Waals surface area contributed by atoms with Gasteiger partial charge >= 0.3 is 0 Å². The fourth-order valence-corrected chi connectivity index (χ4v) is 3.11. The molecule has 0 saturated carbocycles. The third-order valence-electron chi connectivity index (χ3n) is 4.43. The number of hydrogen-bond donors (Lipinski definition) is 2. The summed E-state index contributed by atoms with van der Waals surface area (Å²) in [5.41, 5.74) is 8.89. The van der Waals surface area contributed by atoms with Crippen LogP contribution in [0.5, 0.6) is 0 Å². The molecule has 0 amide bonds. The summed E-state index contributed by atoms with van der Waals surface area (Å²) in [7, 11) is 0. The Kier molecular flexibility index (Phi) is 3.46. The van der Waals surface area contributed by atoms with E-state index in [9.17, 15) is 0 Å². The first-order valence-electron chi connectivity index (χ1n) is 8.41. The molecule has 0 fully saturated rings. The Labute approximate surface area is 146 Å². The predicted octanol–water partition coefficient (Wildman–Crippen LogP) is 3.98. The number of aromatic amines is 1. The molecule has 0 bridgehead atoms. The smallest absolute Gasteiger partial charge is 0.186 e. The number of fused-ring (bicyclic) bond motifs is 2. The summed E-state index contributed by atoms with van der Waals surface area (Å²) in [6, 6.07) is 14.7. The minimum atomic E-state index is -0.170. The van der Waals surface area contributed by atoms with E-state index in [1.54, 1.807) is 0 Å². The van der Waals surface area contributed by atoms with E-state index in [0.29, 0.717) is 23.7 Å².